The van der Waals surface area contributed by atoms with Gasteiger partial charge >= 0.3 is 0 Å². The SMILES string of the molecule is O=S(=O)(C[C@H]1CCCNC1)c1nc2ccccc2s1. The van der Waals surface area contributed by atoms with Crippen LogP contribution < -0.4 is 5.32 Å². The number of aromatic nitrogens is 1. The van der Waals surface area contributed by atoms with E-state index in [9.17, 15) is 8.42 Å². The molecule has 102 valence electrons. The van der Waals surface area contributed by atoms with E-state index < -0.39 is 9.84 Å². The smallest absolute Gasteiger partial charge is 0.210 e. The van der Waals surface area contributed by atoms with E-state index in [-0.39, 0.29) is 16.0 Å². The third-order valence-electron chi connectivity index (χ3n) is 3.39. The quantitative estimate of drug-likeness (QED) is 0.942. The summed E-state index contributed by atoms with van der Waals surface area (Å²) in [6.45, 7) is 1.79. The number of nitrogens with one attached hydrogen (secondary N) is 1. The highest BCUT2D eigenvalue weighted by atomic mass is 32.2. The zero-order valence-electron chi connectivity index (χ0n) is 10.5. The molecule has 1 N–H and O–H groups in total. The lowest BCUT2D eigenvalue weighted by Gasteiger charge is -2.21. The predicted molar refractivity (Wildman–Crippen MR) is 77.3 cm³/mol. The van der Waals surface area contributed by atoms with Gasteiger partial charge in [0.2, 0.25) is 14.2 Å². The van der Waals surface area contributed by atoms with Gasteiger partial charge in [-0.15, -0.1) is 11.3 Å². The largest absolute Gasteiger partial charge is 0.316 e. The van der Waals surface area contributed by atoms with Gasteiger partial charge < -0.3 is 5.32 Å². The lowest BCUT2D eigenvalue weighted by atomic mass is 10.0. The Morgan fingerprint density at radius 3 is 2.95 bits per heavy atom. The van der Waals surface area contributed by atoms with Crippen LogP contribution in [-0.2, 0) is 9.84 Å². The number of para-hydroxylation sites is 1. The van der Waals surface area contributed by atoms with Crippen LogP contribution in [0.1, 0.15) is 12.8 Å². The maximum Gasteiger partial charge on any atom is 0.210 e. The van der Waals surface area contributed by atoms with Gasteiger partial charge in [-0.3, -0.25) is 0 Å². The zero-order chi connectivity index (χ0) is 13.3. The van der Waals surface area contributed by atoms with Crippen molar-refractivity contribution in [2.24, 2.45) is 5.92 Å². The van der Waals surface area contributed by atoms with Crippen LogP contribution >= 0.6 is 11.3 Å². The molecule has 1 saturated heterocycles. The molecule has 6 heteroatoms. The summed E-state index contributed by atoms with van der Waals surface area (Å²) in [5.74, 6) is 0.422. The predicted octanol–water partition coefficient (Wildman–Crippen LogP) is 2.07. The fourth-order valence-corrected chi connectivity index (χ4v) is 5.40. The molecule has 0 amide bonds. The number of hydrogen-bond donors (Lipinski definition) is 1. The van der Waals surface area contributed by atoms with E-state index in [0.29, 0.717) is 0 Å². The van der Waals surface area contributed by atoms with Gasteiger partial charge in [0, 0.05) is 0 Å². The molecule has 1 atom stereocenters. The summed E-state index contributed by atoms with van der Waals surface area (Å²) in [4.78, 5) is 4.26. The van der Waals surface area contributed by atoms with Gasteiger partial charge in [0.25, 0.3) is 0 Å². The Morgan fingerprint density at radius 1 is 1.37 bits per heavy atom. The molecule has 2 heterocycles. The normalized spacial score (nSPS) is 20.7. The van der Waals surface area contributed by atoms with Crippen molar-refractivity contribution in [3.63, 3.8) is 0 Å². The number of sulfone groups is 1. The summed E-state index contributed by atoms with van der Waals surface area (Å²) in [5.41, 5.74) is 0.771. The summed E-state index contributed by atoms with van der Waals surface area (Å²) >= 11 is 1.27. The van der Waals surface area contributed by atoms with Crippen molar-refractivity contribution in [3.05, 3.63) is 24.3 Å². The maximum absolute atomic E-state index is 12.4. The summed E-state index contributed by atoms with van der Waals surface area (Å²) in [6, 6.07) is 7.55. The number of fused-ring (bicyclic) bond motifs is 1. The Morgan fingerprint density at radius 2 is 2.21 bits per heavy atom. The van der Waals surface area contributed by atoms with Crippen LogP contribution in [-0.4, -0.2) is 32.2 Å². The first-order valence-corrected chi connectivity index (χ1v) is 8.91. The van der Waals surface area contributed by atoms with E-state index in [2.05, 4.69) is 10.3 Å². The molecular formula is C13H16N2O2S2. The minimum atomic E-state index is -3.25. The van der Waals surface area contributed by atoms with E-state index in [4.69, 9.17) is 0 Å². The summed E-state index contributed by atoms with van der Waals surface area (Å²) in [5, 5.41) is 3.25. The van der Waals surface area contributed by atoms with Crippen molar-refractivity contribution in [2.75, 3.05) is 18.8 Å². The van der Waals surface area contributed by atoms with Gasteiger partial charge in [0.1, 0.15) is 0 Å². The minimum Gasteiger partial charge on any atom is -0.316 e. The van der Waals surface area contributed by atoms with E-state index in [0.717, 1.165) is 36.1 Å². The lowest BCUT2D eigenvalue weighted by Crippen LogP contribution is -2.33. The van der Waals surface area contributed by atoms with E-state index >= 15 is 0 Å². The number of rotatable bonds is 3. The molecule has 0 spiro atoms. The molecule has 0 bridgehead atoms. The molecule has 0 radical (unpaired) electrons. The Kier molecular flexibility index (Phi) is 3.56. The Labute approximate surface area is 116 Å². The van der Waals surface area contributed by atoms with Crippen molar-refractivity contribution < 1.29 is 8.42 Å². The highest BCUT2D eigenvalue weighted by Gasteiger charge is 2.25. The molecule has 0 unspecified atom stereocenters. The zero-order valence-corrected chi connectivity index (χ0v) is 12.1. The minimum absolute atomic E-state index is 0.208. The summed E-state index contributed by atoms with van der Waals surface area (Å²) in [7, 11) is -3.25. The second-order valence-electron chi connectivity index (χ2n) is 4.94. The molecule has 0 saturated carbocycles. The number of hydrogen-bond acceptors (Lipinski definition) is 5. The van der Waals surface area contributed by atoms with Crippen molar-refractivity contribution >= 4 is 31.4 Å². The molecule has 19 heavy (non-hydrogen) atoms. The number of thiazole rings is 1. The molecule has 1 aromatic carbocycles. The van der Waals surface area contributed by atoms with E-state index in [1.807, 2.05) is 24.3 Å². The van der Waals surface area contributed by atoms with E-state index in [1.54, 1.807) is 0 Å². The second kappa shape index (κ2) is 5.19. The van der Waals surface area contributed by atoms with Gasteiger partial charge in [-0.2, -0.15) is 0 Å². The highest BCUT2D eigenvalue weighted by molar-refractivity contribution is 7.93. The van der Waals surface area contributed by atoms with Gasteiger partial charge in [0.05, 0.1) is 16.0 Å². The number of nitrogens with zero attached hydrogens (tertiary/aromatic N) is 1. The third kappa shape index (κ3) is 2.80. The van der Waals surface area contributed by atoms with Crippen molar-refractivity contribution in [2.45, 2.75) is 17.2 Å². The molecule has 3 rings (SSSR count). The molecule has 1 aromatic heterocycles. The van der Waals surface area contributed by atoms with Gasteiger partial charge in [0.15, 0.2) is 0 Å². The van der Waals surface area contributed by atoms with Crippen LogP contribution in [0.5, 0.6) is 0 Å². The Balaban J connectivity index is 1.86. The number of piperidine rings is 1. The molecule has 1 aliphatic rings. The average Bonchev–Trinajstić information content (AvgIpc) is 2.84. The molecular weight excluding hydrogens is 280 g/mol. The number of benzene rings is 1. The first-order chi connectivity index (χ1) is 9.15. The fourth-order valence-electron chi connectivity index (χ4n) is 2.43. The van der Waals surface area contributed by atoms with Crippen LogP contribution in [0, 0.1) is 5.92 Å². The average molecular weight is 296 g/mol. The molecule has 1 fully saturated rings. The fraction of sp³-hybridized carbons (Fsp3) is 0.462. The van der Waals surface area contributed by atoms with Crippen LogP contribution in [0.2, 0.25) is 0 Å². The standard InChI is InChI=1S/C13H16N2O2S2/c16-19(17,9-10-4-3-7-14-8-10)13-15-11-5-1-2-6-12(11)18-13/h1-2,5-6,10,14H,3-4,7-9H2/t10-/m0/s1. The Bertz CT molecular complexity index is 640. The van der Waals surface area contributed by atoms with Gasteiger partial charge in [-0.1, -0.05) is 12.1 Å². The monoisotopic (exact) mass is 296 g/mol. The maximum atomic E-state index is 12.4. The highest BCUT2D eigenvalue weighted by Crippen LogP contribution is 2.27. The molecule has 2 aromatic rings. The second-order valence-corrected chi connectivity index (χ2v) is 8.18. The van der Waals surface area contributed by atoms with Crippen LogP contribution in [0.25, 0.3) is 10.2 Å². The van der Waals surface area contributed by atoms with Crippen LogP contribution in [0.4, 0.5) is 0 Å². The van der Waals surface area contributed by atoms with Gasteiger partial charge in [-0.25, -0.2) is 13.4 Å². The molecule has 0 aliphatic carbocycles. The van der Waals surface area contributed by atoms with Gasteiger partial charge in [-0.05, 0) is 44.0 Å². The lowest BCUT2D eigenvalue weighted by molar-refractivity contribution is 0.404. The van der Waals surface area contributed by atoms with Crippen molar-refractivity contribution in [1.29, 1.82) is 0 Å². The first-order valence-electron chi connectivity index (χ1n) is 6.44. The molecule has 4 nitrogen and oxygen atoms in total. The van der Waals surface area contributed by atoms with E-state index in [1.165, 1.54) is 11.3 Å². The van der Waals surface area contributed by atoms with Crippen molar-refractivity contribution in [3.8, 4) is 0 Å². The first kappa shape index (κ1) is 13.0. The summed E-state index contributed by atoms with van der Waals surface area (Å²) < 4.78 is 26.0. The molecule has 1 aliphatic heterocycles. The van der Waals surface area contributed by atoms with Crippen molar-refractivity contribution in [1.82, 2.24) is 10.3 Å². The van der Waals surface area contributed by atoms with Crippen LogP contribution in [0.15, 0.2) is 28.6 Å². The Hall–Kier alpha value is -0.980. The topological polar surface area (TPSA) is 59.1 Å². The van der Waals surface area contributed by atoms with Crippen LogP contribution in [0.3, 0.4) is 0 Å². The summed E-state index contributed by atoms with van der Waals surface area (Å²) in [6.07, 6.45) is 2.04. The third-order valence-corrected chi connectivity index (χ3v) is 6.77.